The number of anilines is 1. The average Bonchev–Trinajstić information content (AvgIpc) is 3.23. The Kier molecular flexibility index (Phi) is 3.47. The molecule has 24 heavy (non-hydrogen) atoms. The number of hydrogen-bond acceptors (Lipinski definition) is 5. The monoisotopic (exact) mass is 336 g/mol. The number of aromatic nitrogens is 3. The molecule has 0 bridgehead atoms. The summed E-state index contributed by atoms with van der Waals surface area (Å²) in [4.78, 5) is 20.8. The zero-order chi connectivity index (χ0) is 16.5. The molecule has 1 aromatic carbocycles. The highest BCUT2D eigenvalue weighted by Gasteiger charge is 2.11. The number of carbonyl (C=O) groups is 1. The van der Waals surface area contributed by atoms with E-state index < -0.39 is 0 Å². The van der Waals surface area contributed by atoms with Gasteiger partial charge in [0.1, 0.15) is 5.75 Å². The number of imidazole rings is 1. The van der Waals surface area contributed by atoms with Crippen molar-refractivity contribution < 1.29 is 9.90 Å². The van der Waals surface area contributed by atoms with Crippen molar-refractivity contribution >= 4 is 27.9 Å². The van der Waals surface area contributed by atoms with Crippen molar-refractivity contribution in [3.05, 3.63) is 66.1 Å². The van der Waals surface area contributed by atoms with Crippen molar-refractivity contribution in [2.45, 2.75) is 0 Å². The van der Waals surface area contributed by atoms with Gasteiger partial charge in [0, 0.05) is 22.7 Å². The second kappa shape index (κ2) is 5.78. The molecule has 4 rings (SSSR count). The Morgan fingerprint density at radius 2 is 2.17 bits per heavy atom. The van der Waals surface area contributed by atoms with Gasteiger partial charge in [-0.2, -0.15) is 0 Å². The summed E-state index contributed by atoms with van der Waals surface area (Å²) in [5, 5.41) is 14.7. The molecule has 0 aliphatic rings. The third kappa shape index (κ3) is 2.72. The van der Waals surface area contributed by atoms with E-state index in [1.165, 1.54) is 11.3 Å². The van der Waals surface area contributed by atoms with Gasteiger partial charge in [0.05, 0.1) is 23.7 Å². The van der Waals surface area contributed by atoms with Crippen molar-refractivity contribution in [3.63, 3.8) is 0 Å². The van der Waals surface area contributed by atoms with Gasteiger partial charge in [0.25, 0.3) is 5.91 Å². The summed E-state index contributed by atoms with van der Waals surface area (Å²) in [5.74, 6) is -0.0456. The minimum atomic E-state index is -0.226. The van der Waals surface area contributed by atoms with Crippen LogP contribution < -0.4 is 5.32 Å². The Bertz CT molecular complexity index is 1040. The molecule has 0 atom stereocenters. The number of aromatic hydroxyl groups is 1. The summed E-state index contributed by atoms with van der Waals surface area (Å²) in [7, 11) is 0. The normalized spacial score (nSPS) is 10.8. The number of rotatable bonds is 3. The highest BCUT2D eigenvalue weighted by atomic mass is 32.1. The van der Waals surface area contributed by atoms with Crippen LogP contribution >= 0.6 is 11.3 Å². The highest BCUT2D eigenvalue weighted by Crippen LogP contribution is 2.27. The molecule has 0 saturated carbocycles. The van der Waals surface area contributed by atoms with Gasteiger partial charge in [-0.15, -0.1) is 11.3 Å². The smallest absolute Gasteiger partial charge is 0.257 e. The maximum absolute atomic E-state index is 12.4. The summed E-state index contributed by atoms with van der Waals surface area (Å²) in [6.45, 7) is 0. The zero-order valence-corrected chi connectivity index (χ0v) is 13.2. The van der Waals surface area contributed by atoms with E-state index in [9.17, 15) is 9.90 Å². The van der Waals surface area contributed by atoms with Gasteiger partial charge >= 0.3 is 0 Å². The van der Waals surface area contributed by atoms with Crippen LogP contribution in [0.15, 0.2) is 60.5 Å². The van der Waals surface area contributed by atoms with Crippen molar-refractivity contribution in [1.29, 1.82) is 0 Å². The summed E-state index contributed by atoms with van der Waals surface area (Å²) < 4.78 is 1.83. The van der Waals surface area contributed by atoms with Crippen LogP contribution in [0.2, 0.25) is 0 Å². The van der Waals surface area contributed by atoms with Crippen molar-refractivity contribution in [2.75, 3.05) is 5.32 Å². The molecule has 0 saturated heterocycles. The molecule has 3 aromatic heterocycles. The number of benzene rings is 1. The third-order valence-corrected chi connectivity index (χ3v) is 4.30. The molecule has 0 unspecified atom stereocenters. The topological polar surface area (TPSA) is 79.5 Å². The second-order valence-electron chi connectivity index (χ2n) is 5.18. The maximum Gasteiger partial charge on any atom is 0.257 e. The number of nitrogens with one attached hydrogen (secondary N) is 1. The molecular formula is C17H12N4O2S. The Morgan fingerprint density at radius 1 is 1.25 bits per heavy atom. The Balaban J connectivity index is 1.56. The summed E-state index contributed by atoms with van der Waals surface area (Å²) in [6.07, 6.45) is 5.16. The lowest BCUT2D eigenvalue weighted by Crippen LogP contribution is -2.11. The van der Waals surface area contributed by atoms with Crippen LogP contribution in [-0.4, -0.2) is 25.4 Å². The lowest BCUT2D eigenvalue weighted by molar-refractivity contribution is 0.102. The van der Waals surface area contributed by atoms with Gasteiger partial charge in [-0.05, 0) is 24.3 Å². The van der Waals surface area contributed by atoms with Crippen LogP contribution in [0.25, 0.3) is 16.8 Å². The molecule has 1 amide bonds. The molecule has 6 nitrogen and oxygen atoms in total. The minimum absolute atomic E-state index is 0.181. The highest BCUT2D eigenvalue weighted by molar-refractivity contribution is 7.14. The molecule has 0 spiro atoms. The molecule has 0 radical (unpaired) electrons. The van der Waals surface area contributed by atoms with Crippen LogP contribution in [0.4, 0.5) is 5.13 Å². The van der Waals surface area contributed by atoms with E-state index in [2.05, 4.69) is 15.3 Å². The first-order chi connectivity index (χ1) is 11.7. The predicted molar refractivity (Wildman–Crippen MR) is 92.4 cm³/mol. The van der Waals surface area contributed by atoms with E-state index >= 15 is 0 Å². The summed E-state index contributed by atoms with van der Waals surface area (Å²) in [6, 6.07) is 10.3. The van der Waals surface area contributed by atoms with E-state index in [4.69, 9.17) is 0 Å². The maximum atomic E-state index is 12.4. The number of pyridine rings is 1. The van der Waals surface area contributed by atoms with Crippen LogP contribution in [0, 0.1) is 0 Å². The first-order valence-corrected chi connectivity index (χ1v) is 8.05. The van der Waals surface area contributed by atoms with Gasteiger partial charge in [-0.1, -0.05) is 12.1 Å². The Morgan fingerprint density at radius 3 is 3.04 bits per heavy atom. The number of fused-ring (bicyclic) bond motifs is 1. The molecule has 0 aliphatic heterocycles. The lowest BCUT2D eigenvalue weighted by atomic mass is 10.2. The lowest BCUT2D eigenvalue weighted by Gasteiger charge is -2.02. The van der Waals surface area contributed by atoms with Crippen LogP contribution in [-0.2, 0) is 0 Å². The zero-order valence-electron chi connectivity index (χ0n) is 12.4. The Hall–Kier alpha value is -3.19. The standard InChI is InChI=1S/C17H12N4O2S/c22-14-3-1-2-11(7-14)15-9-24-17(19-15)20-16(23)12-4-5-21-10-18-8-13(21)6-12/h1-10,22H,(H,19,20,23). The van der Waals surface area contributed by atoms with Crippen LogP contribution in [0.5, 0.6) is 5.75 Å². The third-order valence-electron chi connectivity index (χ3n) is 3.54. The first-order valence-electron chi connectivity index (χ1n) is 7.17. The number of amides is 1. The SMILES string of the molecule is O=C(Nc1nc(-c2cccc(O)c2)cs1)c1ccn2cncc2c1. The molecule has 0 aliphatic carbocycles. The first kappa shape index (κ1) is 14.4. The van der Waals surface area contributed by atoms with Crippen LogP contribution in [0.1, 0.15) is 10.4 Å². The molecule has 3 heterocycles. The molecule has 0 fully saturated rings. The fourth-order valence-corrected chi connectivity index (χ4v) is 3.07. The van der Waals surface area contributed by atoms with Gasteiger partial charge in [0.2, 0.25) is 0 Å². The van der Waals surface area contributed by atoms with Gasteiger partial charge in [0.15, 0.2) is 5.13 Å². The molecule has 118 valence electrons. The van der Waals surface area contributed by atoms with Crippen LogP contribution in [0.3, 0.4) is 0 Å². The molecule has 4 aromatic rings. The molecule has 7 heteroatoms. The van der Waals surface area contributed by atoms with Crippen molar-refractivity contribution in [2.24, 2.45) is 0 Å². The largest absolute Gasteiger partial charge is 0.508 e. The fourth-order valence-electron chi connectivity index (χ4n) is 2.36. The number of phenols is 1. The number of carbonyl (C=O) groups excluding carboxylic acids is 1. The van der Waals surface area contributed by atoms with E-state index in [0.29, 0.717) is 16.4 Å². The minimum Gasteiger partial charge on any atom is -0.508 e. The number of phenolic OH excluding ortho intramolecular Hbond substituents is 1. The van der Waals surface area contributed by atoms with E-state index in [-0.39, 0.29) is 11.7 Å². The molecule has 2 N–H and O–H groups in total. The van der Waals surface area contributed by atoms with E-state index in [1.54, 1.807) is 49.1 Å². The quantitative estimate of drug-likeness (QED) is 0.601. The number of hydrogen-bond donors (Lipinski definition) is 2. The fraction of sp³-hybridized carbons (Fsp3) is 0. The van der Waals surface area contributed by atoms with Gasteiger partial charge in [-0.3, -0.25) is 10.1 Å². The predicted octanol–water partition coefficient (Wildman–Crippen LogP) is 3.42. The Labute approximate surface area is 141 Å². The van der Waals surface area contributed by atoms with E-state index in [1.807, 2.05) is 15.8 Å². The van der Waals surface area contributed by atoms with Crippen molar-refractivity contribution in [1.82, 2.24) is 14.4 Å². The van der Waals surface area contributed by atoms with Gasteiger partial charge < -0.3 is 9.51 Å². The average molecular weight is 336 g/mol. The number of nitrogens with zero attached hydrogens (tertiary/aromatic N) is 3. The number of thiazole rings is 1. The second-order valence-corrected chi connectivity index (χ2v) is 6.04. The van der Waals surface area contributed by atoms with Crippen molar-refractivity contribution in [3.8, 4) is 17.0 Å². The summed E-state index contributed by atoms with van der Waals surface area (Å²) in [5.41, 5.74) is 2.89. The summed E-state index contributed by atoms with van der Waals surface area (Å²) >= 11 is 1.34. The molecular weight excluding hydrogens is 324 g/mol. The van der Waals surface area contributed by atoms with E-state index in [0.717, 1.165) is 11.1 Å². The van der Waals surface area contributed by atoms with Gasteiger partial charge in [-0.25, -0.2) is 9.97 Å².